The van der Waals surface area contributed by atoms with Crippen molar-refractivity contribution in [3.8, 4) is 0 Å². The summed E-state index contributed by atoms with van der Waals surface area (Å²) in [5.41, 5.74) is 10.9. The normalized spacial score (nSPS) is 20.1. The second-order valence-corrected chi connectivity index (χ2v) is 9.54. The molecule has 1 saturated heterocycles. The van der Waals surface area contributed by atoms with Crippen LogP contribution in [0, 0.1) is 0 Å². The van der Waals surface area contributed by atoms with E-state index in [2.05, 4.69) is 74.3 Å². The van der Waals surface area contributed by atoms with Gasteiger partial charge < -0.3 is 0 Å². The van der Waals surface area contributed by atoms with E-state index in [9.17, 15) is 0 Å². The molecule has 156 valence electrons. The summed E-state index contributed by atoms with van der Waals surface area (Å²) in [6.45, 7) is 4.98. The van der Waals surface area contributed by atoms with E-state index in [0.717, 1.165) is 38.2 Å². The molecule has 0 aliphatic carbocycles. The second kappa shape index (κ2) is 8.58. The molecule has 5 nitrogen and oxygen atoms in total. The summed E-state index contributed by atoms with van der Waals surface area (Å²) >= 11 is 1.79. The molecule has 6 heteroatoms. The first-order chi connectivity index (χ1) is 14.8. The van der Waals surface area contributed by atoms with Gasteiger partial charge in [0.15, 0.2) is 0 Å². The van der Waals surface area contributed by atoms with Crippen molar-refractivity contribution in [3.63, 3.8) is 0 Å². The van der Waals surface area contributed by atoms with Gasteiger partial charge in [-0.2, -0.15) is 0 Å². The summed E-state index contributed by atoms with van der Waals surface area (Å²) in [7, 11) is 0. The second-order valence-electron chi connectivity index (χ2n) is 8.29. The van der Waals surface area contributed by atoms with E-state index in [-0.39, 0.29) is 0 Å². The Morgan fingerprint density at radius 3 is 2.50 bits per heavy atom. The first-order valence-corrected chi connectivity index (χ1v) is 12.3. The maximum absolute atomic E-state index is 5.77. The van der Waals surface area contributed by atoms with Gasteiger partial charge in [-0.15, -0.1) is 0 Å². The average molecular weight is 463 g/mol. The molecule has 0 saturated carbocycles. The summed E-state index contributed by atoms with van der Waals surface area (Å²) in [4.78, 5) is 12.7. The minimum absolute atomic E-state index is 0.396. The predicted molar refractivity (Wildman–Crippen MR) is 128 cm³/mol. The predicted octanol–water partition coefficient (Wildman–Crippen LogP) is 2.40. The molecule has 2 unspecified atom stereocenters. The molecule has 2 aliphatic heterocycles. The van der Waals surface area contributed by atoms with E-state index >= 15 is 0 Å². The van der Waals surface area contributed by atoms with Crippen LogP contribution in [0.2, 0.25) is 0 Å². The molecule has 3 aromatic rings. The van der Waals surface area contributed by atoms with E-state index in [0.29, 0.717) is 11.0 Å². The quantitative estimate of drug-likeness (QED) is 0.589. The Labute approximate surface area is 187 Å². The Morgan fingerprint density at radius 1 is 0.967 bits per heavy atom. The van der Waals surface area contributed by atoms with Crippen LogP contribution in [0.15, 0.2) is 60.8 Å². The zero-order valence-corrected chi connectivity index (χ0v) is 19.7. The molecular weight excluding hydrogens is 433 g/mol. The molecule has 5 rings (SSSR count). The molecule has 2 aromatic carbocycles. The van der Waals surface area contributed by atoms with Gasteiger partial charge in [0, 0.05) is 0 Å². The molecule has 0 spiro atoms. The Kier molecular flexibility index (Phi) is 5.68. The van der Waals surface area contributed by atoms with E-state index in [1.54, 1.807) is 16.9 Å². The van der Waals surface area contributed by atoms with Crippen LogP contribution >= 0.6 is 0 Å². The molecule has 1 fully saturated rings. The number of hydrogen-bond donors (Lipinski definition) is 1. The van der Waals surface area contributed by atoms with Crippen LogP contribution < -0.4 is 15.5 Å². The van der Waals surface area contributed by atoms with Gasteiger partial charge in [-0.05, 0) is 0 Å². The van der Waals surface area contributed by atoms with Gasteiger partial charge in [-0.3, -0.25) is 0 Å². The molecular formula is C24H30AsN5. The number of nitrogens with zero attached hydrogens (tertiary/aromatic N) is 4. The van der Waals surface area contributed by atoms with Crippen LogP contribution in [0.25, 0.3) is 10.9 Å². The maximum atomic E-state index is 5.77. The van der Waals surface area contributed by atoms with Crippen molar-refractivity contribution in [1.29, 1.82) is 0 Å². The Bertz CT molecular complexity index is 1010. The number of benzene rings is 2. The zero-order valence-electron chi connectivity index (χ0n) is 17.3. The third-order valence-corrected chi connectivity index (χ3v) is 7.98. The van der Waals surface area contributed by atoms with Gasteiger partial charge in [0.05, 0.1) is 0 Å². The summed E-state index contributed by atoms with van der Waals surface area (Å²) in [5.74, 6) is 0. The first-order valence-electron chi connectivity index (χ1n) is 10.9. The minimum atomic E-state index is 0.396. The van der Waals surface area contributed by atoms with Crippen molar-refractivity contribution < 1.29 is 0 Å². The number of aromatic nitrogens is 1. The number of likely N-dealkylation sites (tertiary alicyclic amines) is 1. The molecule has 3 heterocycles. The molecule has 0 radical (unpaired) electrons. The number of anilines is 2. The average Bonchev–Trinajstić information content (AvgIpc) is 3.06. The Balaban J connectivity index is 1.43. The molecule has 1 aromatic heterocycles. The molecule has 2 atom stereocenters. The molecule has 0 bridgehead atoms. The molecule has 2 aliphatic rings. The van der Waals surface area contributed by atoms with Crippen molar-refractivity contribution in [3.05, 3.63) is 66.4 Å². The topological polar surface area (TPSA) is 48.6 Å². The van der Waals surface area contributed by atoms with Crippen LogP contribution in [0.3, 0.4) is 0 Å². The van der Waals surface area contributed by atoms with Crippen LogP contribution in [0.4, 0.5) is 11.4 Å². The number of piperidine rings is 1. The standard InChI is InChI=1S/C24H30AsN5/c25-24-29(17-18-9-13-27-21-6-2-1-5-20(18)21)22-7-3-4-8-23(22)30(24)19-10-14-28(15-11-19)16-12-26/h1-9,13,19,24H,10-12,14-17,25-26H2. The van der Waals surface area contributed by atoms with E-state index < -0.39 is 0 Å². The van der Waals surface area contributed by atoms with Gasteiger partial charge in [0.25, 0.3) is 0 Å². The van der Waals surface area contributed by atoms with Crippen LogP contribution in [-0.4, -0.2) is 63.9 Å². The fourth-order valence-electron chi connectivity index (χ4n) is 5.03. The Morgan fingerprint density at radius 2 is 1.70 bits per heavy atom. The number of rotatable bonds is 5. The molecule has 0 amide bonds. The van der Waals surface area contributed by atoms with Crippen molar-refractivity contribution in [2.24, 2.45) is 5.73 Å². The van der Waals surface area contributed by atoms with Crippen molar-refractivity contribution >= 4 is 39.1 Å². The zero-order chi connectivity index (χ0) is 20.5. The summed E-state index contributed by atoms with van der Waals surface area (Å²) in [6.07, 6.45) is 4.36. The van der Waals surface area contributed by atoms with Crippen LogP contribution in [0.1, 0.15) is 18.4 Å². The van der Waals surface area contributed by atoms with Crippen LogP contribution in [0.5, 0.6) is 0 Å². The van der Waals surface area contributed by atoms with Crippen LogP contribution in [-0.2, 0) is 6.54 Å². The van der Waals surface area contributed by atoms with Gasteiger partial charge in [0.2, 0.25) is 0 Å². The van der Waals surface area contributed by atoms with E-state index in [4.69, 9.17) is 5.73 Å². The SMILES string of the molecule is NCCN1CCC(N2c3ccccc3N(Cc3ccnc4ccccc34)C2[AsH2])CC1. The molecule has 30 heavy (non-hydrogen) atoms. The van der Waals surface area contributed by atoms with E-state index in [1.165, 1.54) is 35.2 Å². The van der Waals surface area contributed by atoms with Gasteiger partial charge in [0.1, 0.15) is 0 Å². The summed E-state index contributed by atoms with van der Waals surface area (Å²) in [5, 5.41) is 1.26. The van der Waals surface area contributed by atoms with Crippen molar-refractivity contribution in [2.45, 2.75) is 30.4 Å². The van der Waals surface area contributed by atoms with Gasteiger partial charge in [-0.25, -0.2) is 0 Å². The van der Waals surface area contributed by atoms with Crippen molar-refractivity contribution in [1.82, 2.24) is 9.88 Å². The fourth-order valence-corrected chi connectivity index (χ4v) is 6.44. The summed E-state index contributed by atoms with van der Waals surface area (Å²) < 4.78 is 0. The van der Waals surface area contributed by atoms with E-state index in [1.807, 2.05) is 6.20 Å². The fraction of sp³-hybridized carbons (Fsp3) is 0.375. The number of pyridine rings is 1. The van der Waals surface area contributed by atoms with Gasteiger partial charge in [-0.1, -0.05) is 0 Å². The third kappa shape index (κ3) is 3.60. The number of hydrogen-bond acceptors (Lipinski definition) is 5. The molecule has 2 N–H and O–H groups in total. The monoisotopic (exact) mass is 463 g/mol. The van der Waals surface area contributed by atoms with Gasteiger partial charge >= 0.3 is 187 Å². The number of fused-ring (bicyclic) bond motifs is 2. The first kappa shape index (κ1) is 19.9. The summed E-state index contributed by atoms with van der Waals surface area (Å²) in [6, 6.07) is 20.2. The number of para-hydroxylation sites is 3. The Hall–Kier alpha value is -2.07. The third-order valence-electron chi connectivity index (χ3n) is 6.55. The van der Waals surface area contributed by atoms with Crippen molar-refractivity contribution in [2.75, 3.05) is 36.0 Å². The number of nitrogens with two attached hydrogens (primary N) is 1.